The first-order valence-corrected chi connectivity index (χ1v) is 11.3. The molecule has 0 aliphatic rings. The standard InChI is InChI=1S/C24H24FN5O2S/c1-30(2)13-3-14-32-19-10-6-17(7-11-19)22-27-20(16-4-8-18(25)9-5-16)21(28-22)23(31)29-24-26-12-15-33-24/h4-12,15H,3,13-14H2,1-2H3,(H,27,28)(H,26,29,31). The van der Waals surface area contributed by atoms with Crippen LogP contribution in [0.1, 0.15) is 16.9 Å². The van der Waals surface area contributed by atoms with Gasteiger partial charge in [0.05, 0.1) is 12.3 Å². The van der Waals surface area contributed by atoms with Crippen molar-refractivity contribution in [2.75, 3.05) is 32.6 Å². The molecule has 0 spiro atoms. The number of H-pyrrole nitrogens is 1. The van der Waals surface area contributed by atoms with E-state index in [2.05, 4.69) is 25.2 Å². The van der Waals surface area contributed by atoms with Crippen molar-refractivity contribution in [3.8, 4) is 28.4 Å². The minimum atomic E-state index is -0.396. The van der Waals surface area contributed by atoms with Gasteiger partial charge in [0.15, 0.2) is 10.8 Å². The Morgan fingerprint density at radius 3 is 2.52 bits per heavy atom. The van der Waals surface area contributed by atoms with Crippen molar-refractivity contribution in [2.45, 2.75) is 6.42 Å². The molecule has 0 unspecified atom stereocenters. The Labute approximate surface area is 195 Å². The van der Waals surface area contributed by atoms with Gasteiger partial charge in [0.2, 0.25) is 0 Å². The Hall–Kier alpha value is -3.56. The summed E-state index contributed by atoms with van der Waals surface area (Å²) in [6.07, 6.45) is 2.55. The molecule has 7 nitrogen and oxygen atoms in total. The van der Waals surface area contributed by atoms with Crippen LogP contribution in [0.5, 0.6) is 5.75 Å². The Kier molecular flexibility index (Phi) is 7.11. The van der Waals surface area contributed by atoms with E-state index in [0.717, 1.165) is 24.3 Å². The van der Waals surface area contributed by atoms with E-state index in [1.54, 1.807) is 23.7 Å². The van der Waals surface area contributed by atoms with Crippen molar-refractivity contribution in [3.05, 3.63) is 71.6 Å². The smallest absolute Gasteiger partial charge is 0.278 e. The first kappa shape index (κ1) is 22.6. The zero-order chi connectivity index (χ0) is 23.2. The third kappa shape index (κ3) is 5.82. The van der Waals surface area contributed by atoms with Gasteiger partial charge in [-0.3, -0.25) is 10.1 Å². The monoisotopic (exact) mass is 465 g/mol. The van der Waals surface area contributed by atoms with E-state index in [1.165, 1.54) is 23.5 Å². The number of aromatic amines is 1. The zero-order valence-electron chi connectivity index (χ0n) is 18.3. The molecular formula is C24H24FN5O2S. The molecule has 2 aromatic carbocycles. The van der Waals surface area contributed by atoms with Crippen LogP contribution in [0.4, 0.5) is 9.52 Å². The molecule has 0 aliphatic heterocycles. The van der Waals surface area contributed by atoms with Crippen LogP contribution >= 0.6 is 11.3 Å². The van der Waals surface area contributed by atoms with Gasteiger partial charge in [0, 0.05) is 29.2 Å². The summed E-state index contributed by atoms with van der Waals surface area (Å²) in [6.45, 7) is 1.59. The molecule has 2 aromatic heterocycles. The molecule has 0 bridgehead atoms. The number of carbonyl (C=O) groups excluding carboxylic acids is 1. The zero-order valence-corrected chi connectivity index (χ0v) is 19.2. The number of hydrogen-bond acceptors (Lipinski definition) is 6. The normalized spacial score (nSPS) is 11.0. The number of anilines is 1. The van der Waals surface area contributed by atoms with Crippen molar-refractivity contribution < 1.29 is 13.9 Å². The summed E-state index contributed by atoms with van der Waals surface area (Å²) in [5.74, 6) is 0.545. The van der Waals surface area contributed by atoms with Crippen molar-refractivity contribution in [1.82, 2.24) is 19.9 Å². The lowest BCUT2D eigenvalue weighted by molar-refractivity contribution is 0.102. The summed E-state index contributed by atoms with van der Waals surface area (Å²) in [7, 11) is 4.06. The molecule has 0 aliphatic carbocycles. The fourth-order valence-corrected chi connectivity index (χ4v) is 3.74. The highest BCUT2D eigenvalue weighted by atomic mass is 32.1. The van der Waals surface area contributed by atoms with E-state index >= 15 is 0 Å². The van der Waals surface area contributed by atoms with Gasteiger partial charge in [-0.2, -0.15) is 0 Å². The van der Waals surface area contributed by atoms with Crippen molar-refractivity contribution in [3.63, 3.8) is 0 Å². The number of imidazole rings is 1. The number of nitrogens with zero attached hydrogens (tertiary/aromatic N) is 3. The Balaban J connectivity index is 1.58. The molecule has 2 heterocycles. The number of rotatable bonds is 9. The van der Waals surface area contributed by atoms with Crippen LogP contribution in [0.3, 0.4) is 0 Å². The number of halogens is 1. The van der Waals surface area contributed by atoms with Gasteiger partial charge in [0.25, 0.3) is 5.91 Å². The summed E-state index contributed by atoms with van der Waals surface area (Å²) >= 11 is 1.32. The number of nitrogens with one attached hydrogen (secondary N) is 2. The van der Waals surface area contributed by atoms with E-state index in [-0.39, 0.29) is 11.5 Å². The highest BCUT2D eigenvalue weighted by Crippen LogP contribution is 2.28. The predicted octanol–water partition coefficient (Wildman–Crippen LogP) is 4.92. The van der Waals surface area contributed by atoms with E-state index in [0.29, 0.717) is 28.8 Å². The minimum absolute atomic E-state index is 0.204. The number of hydrogen-bond donors (Lipinski definition) is 2. The number of amides is 1. The molecule has 1 amide bonds. The molecule has 0 fully saturated rings. The molecule has 33 heavy (non-hydrogen) atoms. The Morgan fingerprint density at radius 1 is 1.12 bits per heavy atom. The average molecular weight is 466 g/mol. The first-order valence-electron chi connectivity index (χ1n) is 10.4. The Bertz CT molecular complexity index is 1190. The van der Waals surface area contributed by atoms with Crippen LogP contribution < -0.4 is 10.1 Å². The summed E-state index contributed by atoms with van der Waals surface area (Å²) in [5.41, 5.74) is 2.16. The third-order valence-corrected chi connectivity index (χ3v) is 5.54. The van der Waals surface area contributed by atoms with Gasteiger partial charge in [-0.05, 0) is 69.0 Å². The molecular weight excluding hydrogens is 441 g/mol. The average Bonchev–Trinajstić information content (AvgIpc) is 3.48. The number of aromatic nitrogens is 3. The van der Waals surface area contributed by atoms with E-state index in [1.807, 2.05) is 38.4 Å². The summed E-state index contributed by atoms with van der Waals surface area (Å²) in [4.78, 5) is 26.9. The fraction of sp³-hybridized carbons (Fsp3) is 0.208. The van der Waals surface area contributed by atoms with Crippen LogP contribution in [0.2, 0.25) is 0 Å². The Morgan fingerprint density at radius 2 is 1.85 bits per heavy atom. The fourth-order valence-electron chi connectivity index (χ4n) is 3.22. The van der Waals surface area contributed by atoms with Gasteiger partial charge in [-0.25, -0.2) is 14.4 Å². The molecule has 0 saturated carbocycles. The second-order valence-electron chi connectivity index (χ2n) is 7.64. The molecule has 0 radical (unpaired) electrons. The van der Waals surface area contributed by atoms with Crippen LogP contribution in [0.15, 0.2) is 60.1 Å². The summed E-state index contributed by atoms with van der Waals surface area (Å²) in [5, 5.41) is 5.01. The largest absolute Gasteiger partial charge is 0.494 e. The van der Waals surface area contributed by atoms with Crippen molar-refractivity contribution in [2.24, 2.45) is 0 Å². The summed E-state index contributed by atoms with van der Waals surface area (Å²) < 4.78 is 19.2. The maximum absolute atomic E-state index is 13.4. The lowest BCUT2D eigenvalue weighted by Crippen LogP contribution is -2.15. The molecule has 170 valence electrons. The van der Waals surface area contributed by atoms with Crippen molar-refractivity contribution >= 4 is 22.4 Å². The molecule has 4 aromatic rings. The number of carbonyl (C=O) groups is 1. The first-order chi connectivity index (χ1) is 16.0. The van der Waals surface area contributed by atoms with Crippen molar-refractivity contribution in [1.29, 1.82) is 0 Å². The van der Waals surface area contributed by atoms with Crippen LogP contribution in [0, 0.1) is 5.82 Å². The van der Waals surface area contributed by atoms with E-state index in [4.69, 9.17) is 4.74 Å². The van der Waals surface area contributed by atoms with Gasteiger partial charge in [-0.1, -0.05) is 0 Å². The third-order valence-electron chi connectivity index (χ3n) is 4.85. The quantitative estimate of drug-likeness (QED) is 0.343. The van der Waals surface area contributed by atoms with Gasteiger partial charge in [-0.15, -0.1) is 11.3 Å². The van der Waals surface area contributed by atoms with Gasteiger partial charge >= 0.3 is 0 Å². The number of thiazole rings is 1. The summed E-state index contributed by atoms with van der Waals surface area (Å²) in [6, 6.07) is 13.4. The second-order valence-corrected chi connectivity index (χ2v) is 8.53. The van der Waals surface area contributed by atoms with E-state index < -0.39 is 5.91 Å². The highest BCUT2D eigenvalue weighted by molar-refractivity contribution is 7.13. The van der Waals surface area contributed by atoms with Crippen LogP contribution in [0.25, 0.3) is 22.6 Å². The minimum Gasteiger partial charge on any atom is -0.494 e. The van der Waals surface area contributed by atoms with E-state index in [9.17, 15) is 9.18 Å². The van der Waals surface area contributed by atoms with Gasteiger partial charge in [0.1, 0.15) is 17.4 Å². The lowest BCUT2D eigenvalue weighted by atomic mass is 10.1. The highest BCUT2D eigenvalue weighted by Gasteiger charge is 2.20. The topological polar surface area (TPSA) is 83.1 Å². The lowest BCUT2D eigenvalue weighted by Gasteiger charge is -2.10. The molecule has 0 atom stereocenters. The van der Waals surface area contributed by atoms with Gasteiger partial charge < -0.3 is 14.6 Å². The predicted molar refractivity (Wildman–Crippen MR) is 128 cm³/mol. The number of benzene rings is 2. The molecule has 9 heteroatoms. The van der Waals surface area contributed by atoms with Crippen LogP contribution in [-0.4, -0.2) is 53.0 Å². The molecule has 2 N–H and O–H groups in total. The molecule has 4 rings (SSSR count). The SMILES string of the molecule is CN(C)CCCOc1ccc(-c2nc(C(=O)Nc3nccs3)c(-c3ccc(F)cc3)[nH]2)cc1. The maximum Gasteiger partial charge on any atom is 0.278 e. The second kappa shape index (κ2) is 10.4. The maximum atomic E-state index is 13.4. The van der Waals surface area contributed by atoms with Crippen LogP contribution in [-0.2, 0) is 0 Å². The molecule has 0 saturated heterocycles. The number of ether oxygens (including phenoxy) is 1.